The Balaban J connectivity index is 1.72. The molecule has 0 aliphatic heterocycles. The monoisotopic (exact) mass is 339 g/mol. The molecule has 1 aromatic carbocycles. The van der Waals surface area contributed by atoms with E-state index in [0.717, 1.165) is 31.4 Å². The van der Waals surface area contributed by atoms with Crippen molar-refractivity contribution in [2.45, 2.75) is 32.4 Å². The number of hydrogen-bond acceptors (Lipinski definition) is 2. The standard InChI is InChI=1S/C17H16F3NOS/c1-10-2-7-14-11(8-10)9-15(23-14)16(22)21-13-5-3-12(4-6-13)17(18,19)20/h3-6,9-10H,2,7-8H2,1H3,(H,21,22)/t10-/m0/s1. The summed E-state index contributed by atoms with van der Waals surface area (Å²) in [6.45, 7) is 2.20. The van der Waals surface area contributed by atoms with Crippen molar-refractivity contribution in [1.29, 1.82) is 0 Å². The number of anilines is 1. The van der Waals surface area contributed by atoms with Crippen LogP contribution in [0.5, 0.6) is 0 Å². The zero-order valence-electron chi connectivity index (χ0n) is 12.5. The summed E-state index contributed by atoms with van der Waals surface area (Å²) in [6, 6.07) is 6.40. The molecule has 0 saturated heterocycles. The number of nitrogens with one attached hydrogen (secondary N) is 1. The molecule has 0 fully saturated rings. The van der Waals surface area contributed by atoms with Crippen LogP contribution in [0.15, 0.2) is 30.3 Å². The molecule has 1 aliphatic carbocycles. The third kappa shape index (κ3) is 3.58. The third-order valence-corrected chi connectivity index (χ3v) is 5.26. The van der Waals surface area contributed by atoms with Gasteiger partial charge in [-0.05, 0) is 61.1 Å². The van der Waals surface area contributed by atoms with E-state index in [1.165, 1.54) is 33.9 Å². The molecule has 6 heteroatoms. The van der Waals surface area contributed by atoms with E-state index in [1.807, 2.05) is 6.07 Å². The molecule has 0 radical (unpaired) electrons. The fourth-order valence-electron chi connectivity index (χ4n) is 2.75. The van der Waals surface area contributed by atoms with Crippen LogP contribution in [0.1, 0.15) is 39.0 Å². The number of hydrogen-bond donors (Lipinski definition) is 1. The van der Waals surface area contributed by atoms with Gasteiger partial charge in [-0.1, -0.05) is 6.92 Å². The summed E-state index contributed by atoms with van der Waals surface area (Å²) in [7, 11) is 0. The Kier molecular flexibility index (Phi) is 4.19. The van der Waals surface area contributed by atoms with Gasteiger partial charge in [0.2, 0.25) is 0 Å². The lowest BCUT2D eigenvalue weighted by atomic mass is 9.90. The van der Waals surface area contributed by atoms with Crippen molar-refractivity contribution < 1.29 is 18.0 Å². The molecule has 2 aromatic rings. The van der Waals surface area contributed by atoms with Crippen LogP contribution in [0.2, 0.25) is 0 Å². The normalized spacial score (nSPS) is 17.7. The maximum atomic E-state index is 12.5. The van der Waals surface area contributed by atoms with Gasteiger partial charge in [0, 0.05) is 10.6 Å². The molecule has 1 aromatic heterocycles. The molecule has 1 atom stereocenters. The Morgan fingerprint density at radius 1 is 1.26 bits per heavy atom. The van der Waals surface area contributed by atoms with E-state index < -0.39 is 11.7 Å². The van der Waals surface area contributed by atoms with Gasteiger partial charge in [0.25, 0.3) is 5.91 Å². The number of halogens is 3. The van der Waals surface area contributed by atoms with Crippen molar-refractivity contribution in [3.63, 3.8) is 0 Å². The van der Waals surface area contributed by atoms with Crippen LogP contribution in [0.3, 0.4) is 0 Å². The van der Waals surface area contributed by atoms with Crippen LogP contribution in [-0.4, -0.2) is 5.91 Å². The number of amides is 1. The van der Waals surface area contributed by atoms with Crippen LogP contribution < -0.4 is 5.32 Å². The molecular formula is C17H16F3NOS. The minimum Gasteiger partial charge on any atom is -0.321 e. The van der Waals surface area contributed by atoms with Gasteiger partial charge >= 0.3 is 6.18 Å². The average Bonchev–Trinajstić information content (AvgIpc) is 2.90. The average molecular weight is 339 g/mol. The number of benzene rings is 1. The van der Waals surface area contributed by atoms with Crippen molar-refractivity contribution >= 4 is 22.9 Å². The largest absolute Gasteiger partial charge is 0.416 e. The van der Waals surface area contributed by atoms with E-state index in [4.69, 9.17) is 0 Å². The summed E-state index contributed by atoms with van der Waals surface area (Å²) in [5.74, 6) is 0.361. The highest BCUT2D eigenvalue weighted by Crippen LogP contribution is 2.33. The molecule has 1 heterocycles. The van der Waals surface area contributed by atoms with Gasteiger partial charge in [-0.2, -0.15) is 13.2 Å². The molecule has 0 saturated carbocycles. The number of thiophene rings is 1. The summed E-state index contributed by atoms with van der Waals surface area (Å²) < 4.78 is 37.6. The predicted octanol–water partition coefficient (Wildman–Crippen LogP) is 5.14. The van der Waals surface area contributed by atoms with Gasteiger partial charge in [-0.3, -0.25) is 4.79 Å². The lowest BCUT2D eigenvalue weighted by molar-refractivity contribution is -0.137. The van der Waals surface area contributed by atoms with Gasteiger partial charge in [0.05, 0.1) is 10.4 Å². The number of carbonyl (C=O) groups excluding carboxylic acids is 1. The molecule has 122 valence electrons. The summed E-state index contributed by atoms with van der Waals surface area (Å²) in [4.78, 5) is 14.1. The summed E-state index contributed by atoms with van der Waals surface area (Å²) in [5.41, 5.74) is 0.866. The van der Waals surface area contributed by atoms with Crippen LogP contribution in [0.4, 0.5) is 18.9 Å². The van der Waals surface area contributed by atoms with Gasteiger partial charge in [0.1, 0.15) is 0 Å². The molecule has 2 nitrogen and oxygen atoms in total. The lowest BCUT2D eigenvalue weighted by Gasteiger charge is -2.16. The molecule has 23 heavy (non-hydrogen) atoms. The number of aryl methyl sites for hydroxylation is 1. The van der Waals surface area contributed by atoms with E-state index in [-0.39, 0.29) is 5.91 Å². The Morgan fingerprint density at radius 2 is 1.96 bits per heavy atom. The van der Waals surface area contributed by atoms with E-state index in [2.05, 4.69) is 12.2 Å². The highest BCUT2D eigenvalue weighted by atomic mass is 32.1. The third-order valence-electron chi connectivity index (χ3n) is 4.02. The Bertz CT molecular complexity index is 718. The molecule has 0 unspecified atom stereocenters. The van der Waals surface area contributed by atoms with Crippen LogP contribution >= 0.6 is 11.3 Å². The van der Waals surface area contributed by atoms with Crippen molar-refractivity contribution in [1.82, 2.24) is 0 Å². The number of rotatable bonds is 2. The topological polar surface area (TPSA) is 29.1 Å². The maximum absolute atomic E-state index is 12.5. The fourth-order valence-corrected chi connectivity index (χ4v) is 3.86. The molecule has 0 spiro atoms. The van der Waals surface area contributed by atoms with E-state index in [1.54, 1.807) is 0 Å². The summed E-state index contributed by atoms with van der Waals surface area (Å²) in [6.07, 6.45) is -1.26. The first kappa shape index (κ1) is 16.1. The van der Waals surface area contributed by atoms with Gasteiger partial charge < -0.3 is 5.32 Å². The zero-order valence-corrected chi connectivity index (χ0v) is 13.4. The molecular weight excluding hydrogens is 323 g/mol. The molecule has 3 rings (SSSR count). The molecule has 1 N–H and O–H groups in total. The van der Waals surface area contributed by atoms with E-state index in [0.29, 0.717) is 16.5 Å². The minimum absolute atomic E-state index is 0.267. The lowest BCUT2D eigenvalue weighted by Crippen LogP contribution is -2.11. The maximum Gasteiger partial charge on any atom is 0.416 e. The molecule has 1 amide bonds. The van der Waals surface area contributed by atoms with Gasteiger partial charge in [-0.15, -0.1) is 11.3 Å². The van der Waals surface area contributed by atoms with Gasteiger partial charge in [-0.25, -0.2) is 0 Å². The van der Waals surface area contributed by atoms with Crippen LogP contribution in [0, 0.1) is 5.92 Å². The second kappa shape index (κ2) is 6.00. The highest BCUT2D eigenvalue weighted by molar-refractivity contribution is 7.14. The predicted molar refractivity (Wildman–Crippen MR) is 84.9 cm³/mol. The smallest absolute Gasteiger partial charge is 0.321 e. The summed E-state index contributed by atoms with van der Waals surface area (Å²) >= 11 is 1.48. The fraction of sp³-hybridized carbons (Fsp3) is 0.353. The van der Waals surface area contributed by atoms with Crippen molar-refractivity contribution in [2.75, 3.05) is 5.32 Å². The molecule has 0 bridgehead atoms. The minimum atomic E-state index is -4.37. The van der Waals surface area contributed by atoms with Crippen molar-refractivity contribution in [2.24, 2.45) is 5.92 Å². The van der Waals surface area contributed by atoms with E-state index in [9.17, 15) is 18.0 Å². The highest BCUT2D eigenvalue weighted by Gasteiger charge is 2.30. The van der Waals surface area contributed by atoms with Crippen LogP contribution in [0.25, 0.3) is 0 Å². The second-order valence-electron chi connectivity index (χ2n) is 5.94. The van der Waals surface area contributed by atoms with E-state index >= 15 is 0 Å². The Labute approximate surface area is 136 Å². The Hall–Kier alpha value is -1.82. The first-order valence-corrected chi connectivity index (χ1v) is 8.25. The summed E-state index contributed by atoms with van der Waals surface area (Å²) in [5, 5.41) is 2.66. The van der Waals surface area contributed by atoms with Crippen LogP contribution in [-0.2, 0) is 19.0 Å². The first-order chi connectivity index (χ1) is 10.8. The Morgan fingerprint density at radius 3 is 2.61 bits per heavy atom. The molecule has 1 aliphatic rings. The quantitative estimate of drug-likeness (QED) is 0.806. The number of alkyl halides is 3. The number of carbonyl (C=O) groups is 1. The SMILES string of the molecule is C[C@H]1CCc2sc(C(=O)Nc3ccc(C(F)(F)F)cc3)cc2C1. The van der Waals surface area contributed by atoms with Crippen molar-refractivity contribution in [3.05, 3.63) is 51.2 Å². The van der Waals surface area contributed by atoms with Crippen molar-refractivity contribution in [3.8, 4) is 0 Å². The first-order valence-electron chi connectivity index (χ1n) is 7.43. The number of fused-ring (bicyclic) bond motifs is 1. The zero-order chi connectivity index (χ0) is 16.6. The second-order valence-corrected chi connectivity index (χ2v) is 7.07. The van der Waals surface area contributed by atoms with Gasteiger partial charge in [0.15, 0.2) is 0 Å².